The predicted octanol–water partition coefficient (Wildman–Crippen LogP) is 3.82. The van der Waals surface area contributed by atoms with Crippen molar-refractivity contribution in [2.75, 3.05) is 6.54 Å². The van der Waals surface area contributed by atoms with E-state index in [0.717, 1.165) is 29.0 Å². The minimum atomic E-state index is 0.163. The van der Waals surface area contributed by atoms with Gasteiger partial charge in [0.2, 0.25) is 0 Å². The molecule has 5 rings (SSSR count). The third kappa shape index (κ3) is 2.37. The highest BCUT2D eigenvalue weighted by molar-refractivity contribution is 5.81. The fourth-order valence-corrected chi connectivity index (χ4v) is 3.97. The second-order valence-corrected chi connectivity index (χ2v) is 7.42. The van der Waals surface area contributed by atoms with Crippen LogP contribution in [0.2, 0.25) is 0 Å². The Morgan fingerprint density at radius 2 is 2.08 bits per heavy atom. The molecule has 5 nitrogen and oxygen atoms in total. The molecular formula is C20H21N5. The first kappa shape index (κ1) is 14.8. The predicted molar refractivity (Wildman–Crippen MR) is 98.6 cm³/mol. The van der Waals surface area contributed by atoms with Gasteiger partial charge in [0.15, 0.2) is 5.82 Å². The quantitative estimate of drug-likeness (QED) is 0.668. The van der Waals surface area contributed by atoms with E-state index >= 15 is 0 Å². The summed E-state index contributed by atoms with van der Waals surface area (Å²) in [5.41, 5.74) is 3.75. The van der Waals surface area contributed by atoms with Crippen molar-refractivity contribution in [2.24, 2.45) is 4.99 Å². The summed E-state index contributed by atoms with van der Waals surface area (Å²) >= 11 is 0. The Labute approximate surface area is 146 Å². The number of fused-ring (bicyclic) bond motifs is 1. The molecule has 25 heavy (non-hydrogen) atoms. The first-order chi connectivity index (χ1) is 12.3. The van der Waals surface area contributed by atoms with Gasteiger partial charge >= 0.3 is 0 Å². The summed E-state index contributed by atoms with van der Waals surface area (Å²) in [5.74, 6) is 1.46. The Bertz CT molecular complexity index is 950. The number of hydrogen-bond acceptors (Lipinski definition) is 4. The minimum Gasteiger partial charge on any atom is -0.300 e. The molecule has 0 aliphatic heterocycles. The Hall–Kier alpha value is -2.56. The highest BCUT2D eigenvalue weighted by Gasteiger charge is 2.38. The Balaban J connectivity index is 1.61. The Morgan fingerprint density at radius 3 is 2.80 bits per heavy atom. The molecule has 2 fully saturated rings. The molecule has 2 saturated carbocycles. The van der Waals surface area contributed by atoms with Crippen LogP contribution in [0.3, 0.4) is 0 Å². The second kappa shape index (κ2) is 5.48. The molecule has 0 spiro atoms. The molecule has 3 aromatic rings. The number of rotatable bonds is 5. The zero-order chi connectivity index (χ0) is 16.9. The molecule has 5 heteroatoms. The first-order valence-corrected chi connectivity index (χ1v) is 9.02. The van der Waals surface area contributed by atoms with E-state index in [0.29, 0.717) is 5.92 Å². The van der Waals surface area contributed by atoms with E-state index in [2.05, 4.69) is 51.0 Å². The van der Waals surface area contributed by atoms with E-state index in [-0.39, 0.29) is 5.41 Å². The van der Waals surface area contributed by atoms with Crippen molar-refractivity contribution >= 4 is 17.6 Å². The van der Waals surface area contributed by atoms with Crippen LogP contribution in [0.15, 0.2) is 41.8 Å². The molecule has 2 aliphatic rings. The number of aliphatic imine (C=N–C) groups is 1. The van der Waals surface area contributed by atoms with Crippen molar-refractivity contribution in [3.8, 4) is 5.82 Å². The largest absolute Gasteiger partial charge is 0.300 e. The maximum absolute atomic E-state index is 4.59. The molecule has 126 valence electrons. The van der Waals surface area contributed by atoms with Crippen molar-refractivity contribution in [1.29, 1.82) is 0 Å². The lowest BCUT2D eigenvalue weighted by atomic mass is 9.64. The average Bonchev–Trinajstić information content (AvgIpc) is 3.37. The third-order valence-corrected chi connectivity index (χ3v) is 5.79. The van der Waals surface area contributed by atoms with E-state index in [1.165, 1.54) is 37.7 Å². The number of nitrogens with zero attached hydrogens (tertiary/aromatic N) is 5. The topological polar surface area (TPSA) is 56.0 Å². The summed E-state index contributed by atoms with van der Waals surface area (Å²) in [6.07, 6.45) is 9.68. The lowest BCUT2D eigenvalue weighted by Crippen LogP contribution is -2.37. The van der Waals surface area contributed by atoms with E-state index in [1.807, 2.05) is 10.9 Å². The molecule has 0 N–H and O–H groups in total. The molecular weight excluding hydrogens is 310 g/mol. The van der Waals surface area contributed by atoms with Crippen LogP contribution in [0.1, 0.15) is 49.3 Å². The first-order valence-electron chi connectivity index (χ1n) is 9.02. The summed E-state index contributed by atoms with van der Waals surface area (Å²) in [5, 5.41) is 5.73. The van der Waals surface area contributed by atoms with Crippen molar-refractivity contribution in [2.45, 2.75) is 43.4 Å². The number of aromatic nitrogens is 4. The molecule has 1 aromatic carbocycles. The van der Waals surface area contributed by atoms with E-state index in [9.17, 15) is 0 Å². The van der Waals surface area contributed by atoms with E-state index < -0.39 is 0 Å². The fraction of sp³-hybridized carbons (Fsp3) is 0.400. The third-order valence-electron chi connectivity index (χ3n) is 5.79. The van der Waals surface area contributed by atoms with Crippen LogP contribution < -0.4 is 0 Å². The molecule has 0 bridgehead atoms. The van der Waals surface area contributed by atoms with Crippen LogP contribution in [0.25, 0.3) is 16.7 Å². The van der Waals surface area contributed by atoms with Gasteiger partial charge < -0.3 is 4.99 Å². The maximum Gasteiger partial charge on any atom is 0.157 e. The molecule has 0 amide bonds. The van der Waals surface area contributed by atoms with Gasteiger partial charge in [-0.25, -0.2) is 14.6 Å². The van der Waals surface area contributed by atoms with Crippen molar-refractivity contribution in [1.82, 2.24) is 19.7 Å². The minimum absolute atomic E-state index is 0.163. The number of benzene rings is 1. The van der Waals surface area contributed by atoms with Crippen LogP contribution in [0.4, 0.5) is 0 Å². The van der Waals surface area contributed by atoms with E-state index in [4.69, 9.17) is 0 Å². The van der Waals surface area contributed by atoms with Gasteiger partial charge in [-0.05, 0) is 44.0 Å². The highest BCUT2D eigenvalue weighted by Crippen LogP contribution is 2.44. The van der Waals surface area contributed by atoms with Gasteiger partial charge in [-0.1, -0.05) is 18.6 Å². The molecule has 2 heterocycles. The maximum atomic E-state index is 4.59. The van der Waals surface area contributed by atoms with E-state index in [1.54, 1.807) is 6.33 Å². The molecule has 2 aliphatic carbocycles. The molecule has 0 saturated heterocycles. The monoisotopic (exact) mass is 331 g/mol. The van der Waals surface area contributed by atoms with Crippen LogP contribution in [-0.4, -0.2) is 33.0 Å². The second-order valence-electron chi connectivity index (χ2n) is 7.42. The summed E-state index contributed by atoms with van der Waals surface area (Å²) < 4.78 is 1.94. The molecule has 0 atom stereocenters. The van der Waals surface area contributed by atoms with Crippen molar-refractivity contribution in [3.63, 3.8) is 0 Å². The lowest BCUT2D eigenvalue weighted by molar-refractivity contribution is 0.254. The zero-order valence-corrected chi connectivity index (χ0v) is 14.2. The smallest absolute Gasteiger partial charge is 0.157 e. The van der Waals surface area contributed by atoms with Gasteiger partial charge in [-0.2, -0.15) is 5.10 Å². The molecule has 0 unspecified atom stereocenters. The summed E-state index contributed by atoms with van der Waals surface area (Å²) in [6, 6.07) is 8.75. The van der Waals surface area contributed by atoms with Crippen LogP contribution in [0, 0.1) is 0 Å². The highest BCUT2D eigenvalue weighted by atomic mass is 15.3. The lowest BCUT2D eigenvalue weighted by Gasteiger charge is -2.41. The van der Waals surface area contributed by atoms with Crippen LogP contribution in [-0.2, 0) is 5.41 Å². The molecule has 0 radical (unpaired) electrons. The standard InChI is InChI=1S/C20H21N5/c1-21-12-20(7-2-8-20)16-6-5-15-11-24-25(18(15)9-16)19-10-17(14-3-4-14)22-13-23-19/h5-6,9-11,13-14H,1-4,7-8,12H2. The fourth-order valence-electron chi connectivity index (χ4n) is 3.97. The van der Waals surface area contributed by atoms with Crippen LogP contribution >= 0.6 is 0 Å². The zero-order valence-electron chi connectivity index (χ0n) is 14.2. The van der Waals surface area contributed by atoms with Gasteiger partial charge in [0.1, 0.15) is 6.33 Å². The summed E-state index contributed by atoms with van der Waals surface area (Å²) in [6.45, 7) is 4.52. The van der Waals surface area contributed by atoms with Crippen molar-refractivity contribution in [3.05, 3.63) is 48.0 Å². The number of hydrogen-bond donors (Lipinski definition) is 0. The van der Waals surface area contributed by atoms with Crippen LogP contribution in [0.5, 0.6) is 0 Å². The van der Waals surface area contributed by atoms with Gasteiger partial charge in [-0.3, -0.25) is 0 Å². The van der Waals surface area contributed by atoms with Gasteiger partial charge in [0.25, 0.3) is 0 Å². The average molecular weight is 331 g/mol. The van der Waals surface area contributed by atoms with Crippen molar-refractivity contribution < 1.29 is 0 Å². The Kier molecular flexibility index (Phi) is 3.23. The van der Waals surface area contributed by atoms with Gasteiger partial charge in [0.05, 0.1) is 11.7 Å². The van der Waals surface area contributed by atoms with Gasteiger partial charge in [0, 0.05) is 35.0 Å². The summed E-state index contributed by atoms with van der Waals surface area (Å²) in [7, 11) is 0. The normalized spacial score (nSPS) is 18.9. The Morgan fingerprint density at radius 1 is 1.20 bits per heavy atom. The SMILES string of the molecule is C=NCC1(c2ccc3cnn(-c4cc(C5CC5)ncn4)c3c2)CCC1. The summed E-state index contributed by atoms with van der Waals surface area (Å²) in [4.78, 5) is 13.1. The molecule has 2 aromatic heterocycles. The van der Waals surface area contributed by atoms with Gasteiger partial charge in [-0.15, -0.1) is 0 Å².